The van der Waals surface area contributed by atoms with Crippen molar-refractivity contribution in [2.24, 2.45) is 5.41 Å². The van der Waals surface area contributed by atoms with Gasteiger partial charge in [-0.25, -0.2) is 0 Å². The van der Waals surface area contributed by atoms with Crippen LogP contribution in [-0.2, 0) is 6.42 Å². The maximum atomic E-state index is 10.3. The first-order chi connectivity index (χ1) is 9.59. The van der Waals surface area contributed by atoms with Gasteiger partial charge in [0.05, 0.1) is 6.10 Å². The summed E-state index contributed by atoms with van der Waals surface area (Å²) in [6, 6.07) is 6.90. The molecule has 0 saturated carbocycles. The maximum absolute atomic E-state index is 10.3. The highest BCUT2D eigenvalue weighted by molar-refractivity contribution is 5.79. The Morgan fingerprint density at radius 2 is 2.00 bits per heavy atom. The van der Waals surface area contributed by atoms with Crippen LogP contribution < -0.4 is 0 Å². The molecule has 20 heavy (non-hydrogen) atoms. The van der Waals surface area contributed by atoms with E-state index in [1.165, 1.54) is 22.3 Å². The standard InChI is InChI=1S/C19H22O/c1-12-3-5-14-13(11-12)4-6-16-15(14)9-10-19(2)17(16)7-8-18(19)20/h3,5,7,11,18,20H,4,6,8-10H2,1-2H3/t18-,19-/m0/s1. The zero-order valence-corrected chi connectivity index (χ0v) is 12.4. The lowest BCUT2D eigenvalue weighted by molar-refractivity contribution is 0.0728. The van der Waals surface area contributed by atoms with Gasteiger partial charge in [-0.1, -0.05) is 36.8 Å². The zero-order chi connectivity index (χ0) is 13.9. The predicted octanol–water partition coefficient (Wildman–Crippen LogP) is 4.19. The minimum absolute atomic E-state index is 0.0149. The summed E-state index contributed by atoms with van der Waals surface area (Å²) in [7, 11) is 0. The van der Waals surface area contributed by atoms with E-state index in [0.29, 0.717) is 0 Å². The van der Waals surface area contributed by atoms with Gasteiger partial charge in [0.1, 0.15) is 0 Å². The van der Waals surface area contributed by atoms with E-state index in [4.69, 9.17) is 0 Å². The van der Waals surface area contributed by atoms with Gasteiger partial charge in [0.15, 0.2) is 0 Å². The first kappa shape index (κ1) is 12.4. The second kappa shape index (κ2) is 4.08. The molecule has 1 aromatic rings. The molecule has 4 rings (SSSR count). The van der Waals surface area contributed by atoms with Crippen molar-refractivity contribution in [3.05, 3.63) is 52.1 Å². The lowest BCUT2D eigenvalue weighted by atomic mass is 9.65. The summed E-state index contributed by atoms with van der Waals surface area (Å²) in [6.07, 6.45) is 7.48. The van der Waals surface area contributed by atoms with Gasteiger partial charge in [0.25, 0.3) is 0 Å². The molecule has 1 heteroatoms. The van der Waals surface area contributed by atoms with Crippen LogP contribution in [0.1, 0.15) is 49.3 Å². The van der Waals surface area contributed by atoms with Gasteiger partial charge in [-0.05, 0) is 66.9 Å². The normalized spacial score (nSPS) is 31.6. The summed E-state index contributed by atoms with van der Waals surface area (Å²) in [5, 5.41) is 10.3. The summed E-state index contributed by atoms with van der Waals surface area (Å²) in [5.41, 5.74) is 8.94. The summed E-state index contributed by atoms with van der Waals surface area (Å²) >= 11 is 0. The molecular weight excluding hydrogens is 244 g/mol. The van der Waals surface area contributed by atoms with Crippen LogP contribution in [0.5, 0.6) is 0 Å². The summed E-state index contributed by atoms with van der Waals surface area (Å²) in [5.74, 6) is 0. The average Bonchev–Trinajstić information content (AvgIpc) is 2.74. The Balaban J connectivity index is 1.87. The van der Waals surface area contributed by atoms with Crippen molar-refractivity contribution in [1.82, 2.24) is 0 Å². The first-order valence-electron chi connectivity index (χ1n) is 7.80. The van der Waals surface area contributed by atoms with Crippen LogP contribution in [0, 0.1) is 12.3 Å². The molecule has 1 N–H and O–H groups in total. The maximum Gasteiger partial charge on any atom is 0.0668 e. The summed E-state index contributed by atoms with van der Waals surface area (Å²) in [4.78, 5) is 0. The van der Waals surface area contributed by atoms with Crippen LogP contribution >= 0.6 is 0 Å². The van der Waals surface area contributed by atoms with Crippen molar-refractivity contribution in [2.45, 2.75) is 52.1 Å². The van der Waals surface area contributed by atoms with Gasteiger partial charge in [0, 0.05) is 5.41 Å². The van der Waals surface area contributed by atoms with Crippen molar-refractivity contribution in [3.8, 4) is 0 Å². The fourth-order valence-corrected chi connectivity index (χ4v) is 4.44. The highest BCUT2D eigenvalue weighted by Gasteiger charge is 2.45. The third kappa shape index (κ3) is 1.53. The van der Waals surface area contributed by atoms with Crippen LogP contribution in [0.25, 0.3) is 5.57 Å². The predicted molar refractivity (Wildman–Crippen MR) is 82.5 cm³/mol. The fraction of sp³-hybridized carbons (Fsp3) is 0.474. The molecule has 104 valence electrons. The molecule has 0 spiro atoms. The lowest BCUT2D eigenvalue weighted by Gasteiger charge is -2.40. The molecule has 0 bridgehead atoms. The Bertz CT molecular complexity index is 650. The summed E-state index contributed by atoms with van der Waals surface area (Å²) < 4.78 is 0. The quantitative estimate of drug-likeness (QED) is 0.746. The Morgan fingerprint density at radius 3 is 2.85 bits per heavy atom. The summed E-state index contributed by atoms with van der Waals surface area (Å²) in [6.45, 7) is 4.43. The van der Waals surface area contributed by atoms with Crippen molar-refractivity contribution < 1.29 is 5.11 Å². The average molecular weight is 266 g/mol. The number of aryl methyl sites for hydroxylation is 2. The molecule has 0 aliphatic heterocycles. The topological polar surface area (TPSA) is 20.2 Å². The monoisotopic (exact) mass is 266 g/mol. The molecule has 0 saturated heterocycles. The minimum atomic E-state index is -0.175. The highest BCUT2D eigenvalue weighted by Crippen LogP contribution is 2.55. The number of allylic oxidation sites excluding steroid dienone is 2. The molecule has 0 fully saturated rings. The van der Waals surface area contributed by atoms with Gasteiger partial charge >= 0.3 is 0 Å². The molecule has 3 aliphatic carbocycles. The van der Waals surface area contributed by atoms with Crippen LogP contribution in [0.2, 0.25) is 0 Å². The molecule has 0 heterocycles. The lowest BCUT2D eigenvalue weighted by Crippen LogP contribution is -2.33. The van der Waals surface area contributed by atoms with E-state index < -0.39 is 0 Å². The molecule has 0 unspecified atom stereocenters. The second-order valence-electron chi connectivity index (χ2n) is 6.90. The van der Waals surface area contributed by atoms with E-state index in [0.717, 1.165) is 32.1 Å². The van der Waals surface area contributed by atoms with Crippen molar-refractivity contribution in [1.29, 1.82) is 0 Å². The molecule has 0 aromatic heterocycles. The first-order valence-corrected chi connectivity index (χ1v) is 7.80. The number of rotatable bonds is 0. The Morgan fingerprint density at radius 1 is 1.15 bits per heavy atom. The van der Waals surface area contributed by atoms with E-state index in [2.05, 4.69) is 38.1 Å². The molecule has 1 aromatic carbocycles. The molecule has 2 atom stereocenters. The van der Waals surface area contributed by atoms with Crippen molar-refractivity contribution in [3.63, 3.8) is 0 Å². The van der Waals surface area contributed by atoms with Crippen LogP contribution in [0.15, 0.2) is 35.4 Å². The highest BCUT2D eigenvalue weighted by atomic mass is 16.3. The molecule has 1 nitrogen and oxygen atoms in total. The Kier molecular flexibility index (Phi) is 2.53. The third-order valence-electron chi connectivity index (χ3n) is 5.71. The van der Waals surface area contributed by atoms with Crippen LogP contribution in [0.4, 0.5) is 0 Å². The number of aliphatic hydroxyl groups is 1. The zero-order valence-electron chi connectivity index (χ0n) is 12.4. The van der Waals surface area contributed by atoms with E-state index in [9.17, 15) is 5.11 Å². The largest absolute Gasteiger partial charge is 0.392 e. The Labute approximate surface area is 121 Å². The van der Waals surface area contributed by atoms with Crippen molar-refractivity contribution >= 4 is 5.57 Å². The van der Waals surface area contributed by atoms with Crippen LogP contribution in [-0.4, -0.2) is 11.2 Å². The number of hydrogen-bond acceptors (Lipinski definition) is 1. The smallest absolute Gasteiger partial charge is 0.0668 e. The number of hydrogen-bond donors (Lipinski definition) is 1. The van der Waals surface area contributed by atoms with E-state index >= 15 is 0 Å². The molecular formula is C19H22O. The van der Waals surface area contributed by atoms with Gasteiger partial charge < -0.3 is 5.11 Å². The molecule has 0 radical (unpaired) electrons. The van der Waals surface area contributed by atoms with Crippen LogP contribution in [0.3, 0.4) is 0 Å². The van der Waals surface area contributed by atoms with Gasteiger partial charge in [-0.3, -0.25) is 0 Å². The second-order valence-corrected chi connectivity index (χ2v) is 6.90. The molecule has 3 aliphatic rings. The van der Waals surface area contributed by atoms with E-state index in [1.807, 2.05) is 0 Å². The third-order valence-corrected chi connectivity index (χ3v) is 5.71. The van der Waals surface area contributed by atoms with Gasteiger partial charge in [-0.15, -0.1) is 0 Å². The Hall–Kier alpha value is -1.34. The van der Waals surface area contributed by atoms with E-state index in [-0.39, 0.29) is 11.5 Å². The SMILES string of the molecule is Cc1ccc2c(c1)CCC1=C2CC[C@@]2(C)C1=CC[C@@H]2O. The molecule has 0 amide bonds. The fourth-order valence-electron chi connectivity index (χ4n) is 4.44. The van der Waals surface area contributed by atoms with Gasteiger partial charge in [0.2, 0.25) is 0 Å². The minimum Gasteiger partial charge on any atom is -0.392 e. The number of aliphatic hydroxyl groups excluding tert-OH is 1. The number of fused-ring (bicyclic) bond motifs is 4. The number of benzene rings is 1. The van der Waals surface area contributed by atoms with Gasteiger partial charge in [-0.2, -0.15) is 0 Å². The van der Waals surface area contributed by atoms with E-state index in [1.54, 1.807) is 11.1 Å². The van der Waals surface area contributed by atoms with Crippen molar-refractivity contribution in [2.75, 3.05) is 0 Å².